The molecule has 1 saturated heterocycles. The first-order chi connectivity index (χ1) is 6.84. The molecule has 4 nitrogen and oxygen atoms in total. The number of hydrogen-bond acceptors (Lipinski definition) is 4. The molecule has 0 saturated carbocycles. The Bertz CT molecular complexity index is 294. The van der Waals surface area contributed by atoms with Crippen molar-refractivity contribution in [3.63, 3.8) is 0 Å². The van der Waals surface area contributed by atoms with Gasteiger partial charge in [0, 0.05) is 6.42 Å². The molecule has 1 aliphatic heterocycles. The summed E-state index contributed by atoms with van der Waals surface area (Å²) in [4.78, 5) is 4.37. The molecule has 0 radical (unpaired) electrons. The molecule has 1 aliphatic rings. The van der Waals surface area contributed by atoms with Gasteiger partial charge in [-0.15, -0.1) is 5.10 Å². The lowest BCUT2D eigenvalue weighted by atomic mass is 9.96. The van der Waals surface area contributed by atoms with Crippen LogP contribution in [0, 0.1) is 12.8 Å². The van der Waals surface area contributed by atoms with Gasteiger partial charge in [-0.05, 0) is 38.8 Å². The van der Waals surface area contributed by atoms with Gasteiger partial charge in [0.2, 0.25) is 0 Å². The van der Waals surface area contributed by atoms with E-state index in [9.17, 15) is 0 Å². The molecule has 4 heteroatoms. The SMILES string of the molecule is Cc1cnnc(CC2CCCNC2)n1. The van der Waals surface area contributed by atoms with Crippen molar-refractivity contribution in [1.82, 2.24) is 20.5 Å². The summed E-state index contributed by atoms with van der Waals surface area (Å²) in [6, 6.07) is 0. The Kier molecular flexibility index (Phi) is 3.03. The van der Waals surface area contributed by atoms with E-state index in [2.05, 4.69) is 20.5 Å². The van der Waals surface area contributed by atoms with Crippen LogP contribution in [0.5, 0.6) is 0 Å². The molecular formula is C10H16N4. The zero-order valence-corrected chi connectivity index (χ0v) is 8.53. The highest BCUT2D eigenvalue weighted by Gasteiger charge is 2.14. The molecule has 0 aromatic carbocycles. The van der Waals surface area contributed by atoms with E-state index in [4.69, 9.17) is 0 Å². The fraction of sp³-hybridized carbons (Fsp3) is 0.700. The number of piperidine rings is 1. The summed E-state index contributed by atoms with van der Waals surface area (Å²) in [6.07, 6.45) is 5.21. The van der Waals surface area contributed by atoms with Crippen LogP contribution in [0.4, 0.5) is 0 Å². The number of nitrogens with one attached hydrogen (secondary N) is 1. The third kappa shape index (κ3) is 2.48. The van der Waals surface area contributed by atoms with Gasteiger partial charge in [-0.1, -0.05) is 0 Å². The molecule has 76 valence electrons. The highest BCUT2D eigenvalue weighted by atomic mass is 15.1. The molecule has 14 heavy (non-hydrogen) atoms. The minimum Gasteiger partial charge on any atom is -0.316 e. The smallest absolute Gasteiger partial charge is 0.151 e. The number of hydrogen-bond donors (Lipinski definition) is 1. The Hall–Kier alpha value is -1.03. The number of aryl methyl sites for hydroxylation is 1. The molecule has 2 rings (SSSR count). The normalized spacial score (nSPS) is 22.2. The quantitative estimate of drug-likeness (QED) is 0.750. The second-order valence-electron chi connectivity index (χ2n) is 3.93. The van der Waals surface area contributed by atoms with Gasteiger partial charge in [0.1, 0.15) is 0 Å². The maximum absolute atomic E-state index is 4.37. The predicted molar refractivity (Wildman–Crippen MR) is 53.9 cm³/mol. The predicted octanol–water partition coefficient (Wildman–Crippen LogP) is 0.722. The molecular weight excluding hydrogens is 176 g/mol. The third-order valence-electron chi connectivity index (χ3n) is 2.59. The number of aromatic nitrogens is 3. The van der Waals surface area contributed by atoms with Crippen LogP contribution in [0.25, 0.3) is 0 Å². The van der Waals surface area contributed by atoms with Crippen LogP contribution in [0.15, 0.2) is 6.20 Å². The highest BCUT2D eigenvalue weighted by molar-refractivity contribution is 4.94. The minimum absolute atomic E-state index is 0.687. The Morgan fingerprint density at radius 3 is 3.21 bits per heavy atom. The maximum Gasteiger partial charge on any atom is 0.151 e. The number of rotatable bonds is 2. The molecule has 1 aromatic heterocycles. The van der Waals surface area contributed by atoms with Gasteiger partial charge in [0.15, 0.2) is 5.82 Å². The Labute approximate surface area is 84.2 Å². The monoisotopic (exact) mass is 192 g/mol. The van der Waals surface area contributed by atoms with Crippen LogP contribution >= 0.6 is 0 Å². The van der Waals surface area contributed by atoms with Crippen molar-refractivity contribution >= 4 is 0 Å². The third-order valence-corrected chi connectivity index (χ3v) is 2.59. The van der Waals surface area contributed by atoms with E-state index in [1.165, 1.54) is 12.8 Å². The molecule has 1 fully saturated rings. The van der Waals surface area contributed by atoms with Crippen LogP contribution in [0.3, 0.4) is 0 Å². The summed E-state index contributed by atoms with van der Waals surface area (Å²) in [5.74, 6) is 1.58. The van der Waals surface area contributed by atoms with Crippen LogP contribution < -0.4 is 5.32 Å². The van der Waals surface area contributed by atoms with Crippen molar-refractivity contribution in [3.05, 3.63) is 17.7 Å². The van der Waals surface area contributed by atoms with E-state index in [0.717, 1.165) is 31.0 Å². The number of nitrogens with zero attached hydrogens (tertiary/aromatic N) is 3. The van der Waals surface area contributed by atoms with Gasteiger partial charge in [0.25, 0.3) is 0 Å². The van der Waals surface area contributed by atoms with Crippen molar-refractivity contribution in [2.75, 3.05) is 13.1 Å². The zero-order chi connectivity index (χ0) is 9.80. The van der Waals surface area contributed by atoms with Crippen molar-refractivity contribution in [2.45, 2.75) is 26.2 Å². The van der Waals surface area contributed by atoms with Crippen LogP contribution in [0.2, 0.25) is 0 Å². The maximum atomic E-state index is 4.37. The van der Waals surface area contributed by atoms with E-state index in [1.54, 1.807) is 6.20 Å². The van der Waals surface area contributed by atoms with Gasteiger partial charge >= 0.3 is 0 Å². The summed E-state index contributed by atoms with van der Waals surface area (Å²) in [5.41, 5.74) is 0.957. The fourth-order valence-corrected chi connectivity index (χ4v) is 1.88. The topological polar surface area (TPSA) is 50.7 Å². The molecule has 0 aliphatic carbocycles. The van der Waals surface area contributed by atoms with E-state index in [0.29, 0.717) is 5.92 Å². The second-order valence-corrected chi connectivity index (χ2v) is 3.93. The first-order valence-corrected chi connectivity index (χ1v) is 5.20. The molecule has 1 aromatic rings. The average molecular weight is 192 g/mol. The Morgan fingerprint density at radius 2 is 2.50 bits per heavy atom. The summed E-state index contributed by atoms with van der Waals surface area (Å²) in [7, 11) is 0. The Morgan fingerprint density at radius 1 is 1.57 bits per heavy atom. The standard InChI is InChI=1S/C10H16N4/c1-8-6-12-14-10(13-8)5-9-3-2-4-11-7-9/h6,9,11H,2-5,7H2,1H3. The van der Waals surface area contributed by atoms with Gasteiger partial charge in [0.05, 0.1) is 11.9 Å². The van der Waals surface area contributed by atoms with Crippen molar-refractivity contribution in [2.24, 2.45) is 5.92 Å². The average Bonchev–Trinajstić information content (AvgIpc) is 2.19. The fourth-order valence-electron chi connectivity index (χ4n) is 1.88. The molecule has 1 unspecified atom stereocenters. The van der Waals surface area contributed by atoms with Crippen LogP contribution in [-0.4, -0.2) is 28.3 Å². The molecule has 1 N–H and O–H groups in total. The first kappa shape index (κ1) is 9.52. The van der Waals surface area contributed by atoms with Crippen molar-refractivity contribution < 1.29 is 0 Å². The first-order valence-electron chi connectivity index (χ1n) is 5.20. The second kappa shape index (κ2) is 4.46. The van der Waals surface area contributed by atoms with Crippen molar-refractivity contribution in [1.29, 1.82) is 0 Å². The van der Waals surface area contributed by atoms with Gasteiger partial charge < -0.3 is 5.32 Å². The largest absolute Gasteiger partial charge is 0.316 e. The van der Waals surface area contributed by atoms with Gasteiger partial charge in [-0.2, -0.15) is 5.10 Å². The van der Waals surface area contributed by atoms with Crippen LogP contribution in [0.1, 0.15) is 24.4 Å². The summed E-state index contributed by atoms with van der Waals surface area (Å²) >= 11 is 0. The summed E-state index contributed by atoms with van der Waals surface area (Å²) < 4.78 is 0. The Balaban J connectivity index is 1.95. The lowest BCUT2D eigenvalue weighted by Crippen LogP contribution is -2.31. The highest BCUT2D eigenvalue weighted by Crippen LogP contribution is 2.13. The van der Waals surface area contributed by atoms with E-state index in [-0.39, 0.29) is 0 Å². The molecule has 2 heterocycles. The van der Waals surface area contributed by atoms with E-state index in [1.807, 2.05) is 6.92 Å². The van der Waals surface area contributed by atoms with E-state index < -0.39 is 0 Å². The molecule has 0 spiro atoms. The van der Waals surface area contributed by atoms with E-state index >= 15 is 0 Å². The molecule has 0 bridgehead atoms. The summed E-state index contributed by atoms with van der Waals surface area (Å²) in [6.45, 7) is 4.21. The molecule has 1 atom stereocenters. The van der Waals surface area contributed by atoms with Gasteiger partial charge in [-0.3, -0.25) is 0 Å². The summed E-state index contributed by atoms with van der Waals surface area (Å²) in [5, 5.41) is 11.4. The van der Waals surface area contributed by atoms with Crippen molar-refractivity contribution in [3.8, 4) is 0 Å². The zero-order valence-electron chi connectivity index (χ0n) is 8.53. The minimum atomic E-state index is 0.687. The van der Waals surface area contributed by atoms with Gasteiger partial charge in [-0.25, -0.2) is 4.98 Å². The lowest BCUT2D eigenvalue weighted by molar-refractivity contribution is 0.369. The van der Waals surface area contributed by atoms with Crippen LogP contribution in [-0.2, 0) is 6.42 Å². The molecule has 0 amide bonds. The lowest BCUT2D eigenvalue weighted by Gasteiger charge is -2.21.